The molecule has 0 atom stereocenters. The summed E-state index contributed by atoms with van der Waals surface area (Å²) in [5.41, 5.74) is 2.71. The van der Waals surface area contributed by atoms with E-state index in [4.69, 9.17) is 14.2 Å². The molecule has 21 heavy (non-hydrogen) atoms. The molecule has 0 saturated carbocycles. The fourth-order valence-electron chi connectivity index (χ4n) is 2.03. The summed E-state index contributed by atoms with van der Waals surface area (Å²) in [5.74, 6) is 2.29. The van der Waals surface area contributed by atoms with Gasteiger partial charge in [0, 0.05) is 6.07 Å². The topological polar surface area (TPSA) is 27.7 Å². The van der Waals surface area contributed by atoms with Crippen LogP contribution in [0.15, 0.2) is 48.2 Å². The van der Waals surface area contributed by atoms with Gasteiger partial charge in [-0.25, -0.2) is 0 Å². The Kier molecular flexibility index (Phi) is 5.13. The molecule has 0 saturated heterocycles. The lowest BCUT2D eigenvalue weighted by Crippen LogP contribution is -2.25. The quantitative estimate of drug-likeness (QED) is 0.433. The normalized spacial score (nSPS) is 13.1. The maximum Gasteiger partial charge on any atom is 0.231 e. The smallest absolute Gasteiger partial charge is 0.231 e. The molecule has 1 aromatic carbocycles. The Bertz CT molecular complexity index is 564. The van der Waals surface area contributed by atoms with Crippen LogP contribution in [0.2, 0.25) is 0 Å². The van der Waals surface area contributed by atoms with Crippen LogP contribution in [-0.4, -0.2) is 12.4 Å². The Morgan fingerprint density at radius 1 is 1.24 bits per heavy atom. The lowest BCUT2D eigenvalue weighted by Gasteiger charge is -2.23. The number of benzene rings is 1. The van der Waals surface area contributed by atoms with Gasteiger partial charge in [-0.2, -0.15) is 0 Å². The molecule has 3 nitrogen and oxygen atoms in total. The van der Waals surface area contributed by atoms with Crippen LogP contribution in [0.25, 0.3) is 0 Å². The van der Waals surface area contributed by atoms with Crippen LogP contribution in [0.1, 0.15) is 33.6 Å². The van der Waals surface area contributed by atoms with Gasteiger partial charge in [-0.1, -0.05) is 6.08 Å². The number of hydrogen-bond donors (Lipinski definition) is 0. The summed E-state index contributed by atoms with van der Waals surface area (Å²) in [6.45, 7) is 6.32. The minimum absolute atomic E-state index is 0.280. The van der Waals surface area contributed by atoms with E-state index in [1.54, 1.807) is 0 Å². The lowest BCUT2D eigenvalue weighted by molar-refractivity contribution is 0.160. The largest absolute Gasteiger partial charge is 0.484 e. The second kappa shape index (κ2) is 7.05. The zero-order valence-corrected chi connectivity index (χ0v) is 12.9. The van der Waals surface area contributed by atoms with E-state index in [2.05, 4.69) is 17.9 Å². The molecule has 2 rings (SSSR count). The van der Waals surface area contributed by atoms with Crippen molar-refractivity contribution in [3.8, 4) is 17.2 Å². The maximum atomic E-state index is 6.00. The molecule has 1 aliphatic rings. The first-order valence-electron chi connectivity index (χ1n) is 7.23. The van der Waals surface area contributed by atoms with Gasteiger partial charge in [0.25, 0.3) is 0 Å². The van der Waals surface area contributed by atoms with Crippen molar-refractivity contribution in [3.63, 3.8) is 0 Å². The second-order valence-corrected chi connectivity index (χ2v) is 5.36. The molecule has 1 aliphatic heterocycles. The van der Waals surface area contributed by atoms with Crippen LogP contribution in [-0.2, 0) is 0 Å². The molecule has 112 valence electrons. The van der Waals surface area contributed by atoms with Crippen LogP contribution in [0.4, 0.5) is 0 Å². The molecular formula is C18H22O3. The molecule has 0 bridgehead atoms. The van der Waals surface area contributed by atoms with Crippen LogP contribution in [0, 0.1) is 0 Å². The first kappa shape index (κ1) is 15.3. The van der Waals surface area contributed by atoms with E-state index in [9.17, 15) is 0 Å². The van der Waals surface area contributed by atoms with Crippen molar-refractivity contribution in [2.45, 2.75) is 39.2 Å². The average Bonchev–Trinajstić information content (AvgIpc) is 2.89. The molecule has 0 N–H and O–H groups in total. The first-order chi connectivity index (χ1) is 10.1. The Labute approximate surface area is 126 Å². The molecule has 0 amide bonds. The molecule has 3 heteroatoms. The van der Waals surface area contributed by atoms with E-state index in [1.807, 2.05) is 51.1 Å². The van der Waals surface area contributed by atoms with E-state index in [0.717, 1.165) is 30.1 Å². The number of ether oxygens (including phenoxy) is 3. The fourth-order valence-corrected chi connectivity index (χ4v) is 2.03. The highest BCUT2D eigenvalue weighted by atomic mass is 16.7. The summed E-state index contributed by atoms with van der Waals surface area (Å²) in [5, 5.41) is 0. The third kappa shape index (κ3) is 4.73. The van der Waals surface area contributed by atoms with Crippen molar-refractivity contribution in [1.29, 1.82) is 0 Å². The minimum atomic E-state index is -0.363. The summed E-state index contributed by atoms with van der Waals surface area (Å²) >= 11 is 0. The first-order valence-corrected chi connectivity index (χ1v) is 7.23. The number of unbranched alkanes of at least 4 members (excludes halogenated alkanes) is 1. The summed E-state index contributed by atoms with van der Waals surface area (Å²) in [6.07, 6.45) is 10.1. The van der Waals surface area contributed by atoms with E-state index < -0.39 is 0 Å². The molecule has 0 unspecified atom stereocenters. The zero-order valence-electron chi connectivity index (χ0n) is 12.9. The van der Waals surface area contributed by atoms with Crippen molar-refractivity contribution >= 4 is 0 Å². The van der Waals surface area contributed by atoms with Crippen LogP contribution in [0.5, 0.6) is 17.2 Å². The third-order valence-electron chi connectivity index (χ3n) is 3.01. The summed E-state index contributed by atoms with van der Waals surface area (Å²) in [7, 11) is 0. The van der Waals surface area contributed by atoms with Crippen molar-refractivity contribution in [2.24, 2.45) is 0 Å². The molecule has 0 aliphatic carbocycles. The fraction of sp³-hybridized carbons (Fsp3) is 0.389. The van der Waals surface area contributed by atoms with Crippen LogP contribution >= 0.6 is 0 Å². The molecule has 0 fully saturated rings. The number of fused-ring (bicyclic) bond motifs is 1. The van der Waals surface area contributed by atoms with Crippen molar-refractivity contribution < 1.29 is 14.2 Å². The van der Waals surface area contributed by atoms with Gasteiger partial charge in [0.1, 0.15) is 11.4 Å². The highest BCUT2D eigenvalue weighted by molar-refractivity contribution is 5.47. The average molecular weight is 286 g/mol. The lowest BCUT2D eigenvalue weighted by atomic mass is 10.1. The molecule has 0 aromatic heterocycles. The Morgan fingerprint density at radius 3 is 2.86 bits per heavy atom. The molecule has 0 spiro atoms. The van der Waals surface area contributed by atoms with Gasteiger partial charge in [0.05, 0.1) is 0 Å². The van der Waals surface area contributed by atoms with Gasteiger partial charge >= 0.3 is 0 Å². The van der Waals surface area contributed by atoms with E-state index in [-0.39, 0.29) is 12.4 Å². The van der Waals surface area contributed by atoms with E-state index in [0.29, 0.717) is 0 Å². The van der Waals surface area contributed by atoms with Crippen LogP contribution in [0.3, 0.4) is 0 Å². The van der Waals surface area contributed by atoms with Gasteiger partial charge in [-0.15, -0.1) is 5.73 Å². The SMILES string of the molecule is CC=C=CCC/C=C/C(C)(C)Oc1ccc2c(c1)OCO2. The van der Waals surface area contributed by atoms with Crippen LogP contribution < -0.4 is 14.2 Å². The second-order valence-electron chi connectivity index (χ2n) is 5.36. The standard InChI is InChI=1S/C18H22O3/c1-4-5-6-7-8-9-12-18(2,3)21-15-10-11-16-17(13-15)20-14-19-16/h4,6,9-13H,7-8,14H2,1-3H3/b12-9+. The Balaban J connectivity index is 1.91. The van der Waals surface area contributed by atoms with Gasteiger partial charge in [0.2, 0.25) is 6.79 Å². The Hall–Kier alpha value is -2.12. The number of hydrogen-bond acceptors (Lipinski definition) is 3. The highest BCUT2D eigenvalue weighted by Crippen LogP contribution is 2.36. The summed E-state index contributed by atoms with van der Waals surface area (Å²) in [6, 6.07) is 5.64. The zero-order chi connectivity index (χ0) is 15.1. The van der Waals surface area contributed by atoms with Crippen molar-refractivity contribution in [3.05, 3.63) is 48.2 Å². The monoisotopic (exact) mass is 286 g/mol. The predicted molar refractivity (Wildman–Crippen MR) is 84.0 cm³/mol. The van der Waals surface area contributed by atoms with Gasteiger partial charge < -0.3 is 14.2 Å². The molecule has 0 radical (unpaired) electrons. The predicted octanol–water partition coefficient (Wildman–Crippen LogP) is 4.64. The van der Waals surface area contributed by atoms with Gasteiger partial charge in [0.15, 0.2) is 11.5 Å². The highest BCUT2D eigenvalue weighted by Gasteiger charge is 2.19. The Morgan fingerprint density at radius 2 is 2.05 bits per heavy atom. The minimum Gasteiger partial charge on any atom is -0.484 e. The van der Waals surface area contributed by atoms with E-state index >= 15 is 0 Å². The molecule has 1 aromatic rings. The van der Waals surface area contributed by atoms with Crippen molar-refractivity contribution in [2.75, 3.05) is 6.79 Å². The van der Waals surface area contributed by atoms with E-state index in [1.165, 1.54) is 0 Å². The summed E-state index contributed by atoms with van der Waals surface area (Å²) in [4.78, 5) is 0. The molecular weight excluding hydrogens is 264 g/mol. The number of rotatable bonds is 6. The number of allylic oxidation sites excluding steroid dienone is 2. The maximum absolute atomic E-state index is 6.00. The molecule has 1 heterocycles. The van der Waals surface area contributed by atoms with Gasteiger partial charge in [-0.3, -0.25) is 0 Å². The summed E-state index contributed by atoms with van der Waals surface area (Å²) < 4.78 is 16.6. The van der Waals surface area contributed by atoms with Crippen molar-refractivity contribution in [1.82, 2.24) is 0 Å². The van der Waals surface area contributed by atoms with Gasteiger partial charge in [-0.05, 0) is 64.0 Å². The third-order valence-corrected chi connectivity index (χ3v) is 3.01.